The molecule has 0 aliphatic heterocycles. The second-order valence-electron chi connectivity index (χ2n) is 4.61. The van der Waals surface area contributed by atoms with Crippen molar-refractivity contribution in [3.63, 3.8) is 0 Å². The summed E-state index contributed by atoms with van der Waals surface area (Å²) >= 11 is 0. The lowest BCUT2D eigenvalue weighted by atomic mass is 9.85. The Kier molecular flexibility index (Phi) is 3.53. The number of aryl methyl sites for hydroxylation is 1. The normalized spacial score (nSPS) is 17.4. The van der Waals surface area contributed by atoms with Crippen LogP contribution in [-0.2, 0) is 10.0 Å². The van der Waals surface area contributed by atoms with E-state index in [1.54, 1.807) is 11.2 Å². The number of nitrogens with one attached hydrogen (secondary N) is 1. The highest BCUT2D eigenvalue weighted by atomic mass is 32.2. The van der Waals surface area contributed by atoms with E-state index in [4.69, 9.17) is 0 Å². The van der Waals surface area contributed by atoms with Crippen LogP contribution in [0.4, 0.5) is 0 Å². The number of sulfonamides is 1. The van der Waals surface area contributed by atoms with Gasteiger partial charge in [-0.1, -0.05) is 13.3 Å². The second kappa shape index (κ2) is 4.78. The molecule has 0 radical (unpaired) electrons. The highest BCUT2D eigenvalue weighted by molar-refractivity contribution is 7.89. The quantitative estimate of drug-likeness (QED) is 0.870. The van der Waals surface area contributed by atoms with Gasteiger partial charge in [0.15, 0.2) is 0 Å². The fourth-order valence-electron chi connectivity index (χ4n) is 2.10. The molecule has 1 heterocycles. The summed E-state index contributed by atoms with van der Waals surface area (Å²) < 4.78 is 26.3. The van der Waals surface area contributed by atoms with E-state index in [0.29, 0.717) is 29.6 Å². The molecule has 0 amide bonds. The fourth-order valence-corrected chi connectivity index (χ4v) is 3.74. The number of H-pyrrole nitrogens is 1. The summed E-state index contributed by atoms with van der Waals surface area (Å²) in [6.07, 6.45) is 4.92. The van der Waals surface area contributed by atoms with Crippen molar-refractivity contribution in [2.45, 2.75) is 38.0 Å². The summed E-state index contributed by atoms with van der Waals surface area (Å²) in [6, 6.07) is 0. The lowest BCUT2D eigenvalue weighted by molar-refractivity contribution is 0.250. The molecule has 1 aromatic heterocycles. The Bertz CT molecular complexity index is 477. The predicted octanol–water partition coefficient (Wildman–Crippen LogP) is 1.53. The van der Waals surface area contributed by atoms with Crippen molar-refractivity contribution < 1.29 is 8.42 Å². The van der Waals surface area contributed by atoms with Gasteiger partial charge in [0.1, 0.15) is 4.90 Å². The van der Waals surface area contributed by atoms with E-state index in [2.05, 4.69) is 10.2 Å². The van der Waals surface area contributed by atoms with Gasteiger partial charge in [-0.15, -0.1) is 0 Å². The van der Waals surface area contributed by atoms with E-state index in [-0.39, 0.29) is 0 Å². The molecule has 1 saturated carbocycles. The Morgan fingerprint density at radius 3 is 2.65 bits per heavy atom. The summed E-state index contributed by atoms with van der Waals surface area (Å²) in [5, 5.41) is 6.47. The number of aromatic amines is 1. The van der Waals surface area contributed by atoms with Gasteiger partial charge in [-0.05, 0) is 25.7 Å². The molecular weight excluding hydrogens is 238 g/mol. The maximum absolute atomic E-state index is 12.4. The number of nitrogens with zero attached hydrogens (tertiary/aromatic N) is 2. The van der Waals surface area contributed by atoms with Crippen LogP contribution in [-0.4, -0.2) is 36.0 Å². The highest BCUT2D eigenvalue weighted by Gasteiger charge is 2.30. The summed E-state index contributed by atoms with van der Waals surface area (Å²) in [4.78, 5) is 0.304. The third-order valence-electron chi connectivity index (χ3n) is 3.44. The molecule has 1 aromatic rings. The number of rotatable bonds is 5. The molecule has 0 spiro atoms. The molecule has 6 heteroatoms. The van der Waals surface area contributed by atoms with Gasteiger partial charge in [0.2, 0.25) is 10.0 Å². The first-order chi connectivity index (χ1) is 8.05. The zero-order valence-corrected chi connectivity index (χ0v) is 11.1. The van der Waals surface area contributed by atoms with Gasteiger partial charge in [-0.25, -0.2) is 8.42 Å². The smallest absolute Gasteiger partial charge is 0.246 e. The van der Waals surface area contributed by atoms with E-state index >= 15 is 0 Å². The summed E-state index contributed by atoms with van der Waals surface area (Å²) in [5.41, 5.74) is 0.608. The highest BCUT2D eigenvalue weighted by Crippen LogP contribution is 2.29. The molecule has 1 fully saturated rings. The van der Waals surface area contributed by atoms with Crippen molar-refractivity contribution in [2.75, 3.05) is 13.1 Å². The van der Waals surface area contributed by atoms with Crippen LogP contribution in [0.25, 0.3) is 0 Å². The van der Waals surface area contributed by atoms with Crippen molar-refractivity contribution in [1.82, 2.24) is 14.5 Å². The minimum Gasteiger partial charge on any atom is -0.281 e. The molecular formula is C11H19N3O2S. The second-order valence-corrected chi connectivity index (χ2v) is 6.52. The molecule has 17 heavy (non-hydrogen) atoms. The lowest BCUT2D eigenvalue weighted by Crippen LogP contribution is -2.37. The maximum Gasteiger partial charge on any atom is 0.246 e. The van der Waals surface area contributed by atoms with Crippen LogP contribution < -0.4 is 0 Å². The van der Waals surface area contributed by atoms with Crippen LogP contribution in [0, 0.1) is 12.8 Å². The summed E-state index contributed by atoms with van der Waals surface area (Å²) in [7, 11) is -3.37. The van der Waals surface area contributed by atoms with Gasteiger partial charge >= 0.3 is 0 Å². The zero-order valence-electron chi connectivity index (χ0n) is 10.3. The van der Waals surface area contributed by atoms with Crippen molar-refractivity contribution in [3.8, 4) is 0 Å². The van der Waals surface area contributed by atoms with Crippen molar-refractivity contribution in [2.24, 2.45) is 5.92 Å². The lowest BCUT2D eigenvalue weighted by Gasteiger charge is -2.31. The van der Waals surface area contributed by atoms with Crippen LogP contribution in [0.2, 0.25) is 0 Å². The van der Waals surface area contributed by atoms with E-state index in [1.165, 1.54) is 12.6 Å². The average molecular weight is 257 g/mol. The molecule has 1 aliphatic rings. The van der Waals surface area contributed by atoms with Gasteiger partial charge in [0.05, 0.1) is 11.9 Å². The average Bonchev–Trinajstić information content (AvgIpc) is 2.63. The molecule has 1 aliphatic carbocycles. The standard InChI is InChI=1S/C11H19N3O2S/c1-3-14(8-10-5-4-6-10)17(15,16)11-7-12-13-9(11)2/h7,10H,3-6,8H2,1-2H3,(H,12,13). The molecule has 0 unspecified atom stereocenters. The third-order valence-corrected chi connectivity index (χ3v) is 5.50. The first-order valence-electron chi connectivity index (χ1n) is 6.05. The van der Waals surface area contributed by atoms with E-state index in [0.717, 1.165) is 12.8 Å². The largest absolute Gasteiger partial charge is 0.281 e. The third kappa shape index (κ3) is 2.37. The van der Waals surface area contributed by atoms with Crippen LogP contribution >= 0.6 is 0 Å². The van der Waals surface area contributed by atoms with Gasteiger partial charge in [0, 0.05) is 13.1 Å². The molecule has 0 saturated heterocycles. The Hall–Kier alpha value is -0.880. The zero-order chi connectivity index (χ0) is 12.5. The molecule has 0 aromatic carbocycles. The van der Waals surface area contributed by atoms with E-state index < -0.39 is 10.0 Å². The van der Waals surface area contributed by atoms with E-state index in [1.807, 2.05) is 6.92 Å². The van der Waals surface area contributed by atoms with Gasteiger partial charge in [-0.3, -0.25) is 5.10 Å². The topological polar surface area (TPSA) is 66.1 Å². The van der Waals surface area contributed by atoms with Crippen molar-refractivity contribution in [1.29, 1.82) is 0 Å². The molecule has 0 bridgehead atoms. The van der Waals surface area contributed by atoms with Crippen molar-refractivity contribution >= 4 is 10.0 Å². The van der Waals surface area contributed by atoms with Gasteiger partial charge < -0.3 is 0 Å². The van der Waals surface area contributed by atoms with Crippen LogP contribution in [0.15, 0.2) is 11.1 Å². The Morgan fingerprint density at radius 2 is 2.24 bits per heavy atom. The Balaban J connectivity index is 2.20. The summed E-state index contributed by atoms with van der Waals surface area (Å²) in [5.74, 6) is 0.539. The predicted molar refractivity (Wildman–Crippen MR) is 65.1 cm³/mol. The monoisotopic (exact) mass is 257 g/mol. The van der Waals surface area contributed by atoms with Gasteiger partial charge in [0.25, 0.3) is 0 Å². The number of hydrogen-bond donors (Lipinski definition) is 1. The number of hydrogen-bond acceptors (Lipinski definition) is 3. The minimum atomic E-state index is -3.37. The van der Waals surface area contributed by atoms with Crippen LogP contribution in [0.1, 0.15) is 31.9 Å². The van der Waals surface area contributed by atoms with Crippen LogP contribution in [0.5, 0.6) is 0 Å². The van der Waals surface area contributed by atoms with E-state index in [9.17, 15) is 8.42 Å². The molecule has 1 N–H and O–H groups in total. The Morgan fingerprint density at radius 1 is 1.53 bits per heavy atom. The van der Waals surface area contributed by atoms with Crippen molar-refractivity contribution in [3.05, 3.63) is 11.9 Å². The molecule has 0 atom stereocenters. The molecule has 2 rings (SSSR count). The number of aromatic nitrogens is 2. The fraction of sp³-hybridized carbons (Fsp3) is 0.727. The van der Waals surface area contributed by atoms with Crippen LogP contribution in [0.3, 0.4) is 0 Å². The SMILES string of the molecule is CCN(CC1CCC1)S(=O)(=O)c1cn[nH]c1C. The Labute approximate surface area is 102 Å². The molecule has 96 valence electrons. The maximum atomic E-state index is 12.4. The first kappa shape index (κ1) is 12.6. The molecule has 5 nitrogen and oxygen atoms in total. The first-order valence-corrected chi connectivity index (χ1v) is 7.49. The van der Waals surface area contributed by atoms with Gasteiger partial charge in [-0.2, -0.15) is 9.40 Å². The minimum absolute atomic E-state index is 0.304. The summed E-state index contributed by atoms with van der Waals surface area (Å²) in [6.45, 7) is 4.77.